The molecule has 1 rings (SSSR count). The van der Waals surface area contributed by atoms with E-state index in [1.807, 2.05) is 6.07 Å². The van der Waals surface area contributed by atoms with Gasteiger partial charge in [0, 0.05) is 0 Å². The molecular weight excluding hydrogens is 206 g/mol. The van der Waals surface area contributed by atoms with Crippen LogP contribution in [-0.2, 0) is 9.53 Å². The maximum Gasteiger partial charge on any atom is 0.347 e. The third-order valence-corrected chi connectivity index (χ3v) is 1.68. The number of benzene rings is 1. The van der Waals surface area contributed by atoms with E-state index >= 15 is 0 Å². The van der Waals surface area contributed by atoms with E-state index in [1.54, 1.807) is 37.3 Å². The van der Waals surface area contributed by atoms with E-state index in [0.717, 1.165) is 0 Å². The average molecular weight is 217 g/mol. The Balaban J connectivity index is 2.68. The first-order chi connectivity index (χ1) is 7.77. The zero-order valence-electron chi connectivity index (χ0n) is 8.83. The number of nitriles is 1. The van der Waals surface area contributed by atoms with Crippen molar-refractivity contribution in [3.05, 3.63) is 30.3 Å². The Hall–Kier alpha value is -2.22. The van der Waals surface area contributed by atoms with Gasteiger partial charge < -0.3 is 4.74 Å². The van der Waals surface area contributed by atoms with Gasteiger partial charge in [0.2, 0.25) is 0 Å². The summed E-state index contributed by atoms with van der Waals surface area (Å²) in [6, 6.07) is 9.40. The molecule has 0 saturated heterocycles. The lowest BCUT2D eigenvalue weighted by molar-refractivity contribution is -0.143. The standard InChI is InChI=1S/C11H11N3O2/c1-2-16-11(15)10(8-12)14-13-9-6-4-3-5-7-9/h3-7,10H,2H2,1H3/b14-13+. The fourth-order valence-corrected chi connectivity index (χ4v) is 0.966. The smallest absolute Gasteiger partial charge is 0.347 e. The summed E-state index contributed by atoms with van der Waals surface area (Å²) in [5, 5.41) is 16.1. The first-order valence-corrected chi connectivity index (χ1v) is 4.80. The van der Waals surface area contributed by atoms with Gasteiger partial charge in [-0.3, -0.25) is 0 Å². The fraction of sp³-hybridized carbons (Fsp3) is 0.273. The number of ether oxygens (including phenoxy) is 1. The number of hydrogen-bond donors (Lipinski definition) is 0. The topological polar surface area (TPSA) is 74.8 Å². The van der Waals surface area contributed by atoms with Gasteiger partial charge in [0.1, 0.15) is 6.07 Å². The third-order valence-electron chi connectivity index (χ3n) is 1.68. The van der Waals surface area contributed by atoms with Crippen LogP contribution in [0.2, 0.25) is 0 Å². The molecule has 82 valence electrons. The van der Waals surface area contributed by atoms with Gasteiger partial charge in [-0.2, -0.15) is 15.5 Å². The van der Waals surface area contributed by atoms with Crippen molar-refractivity contribution >= 4 is 11.7 Å². The summed E-state index contributed by atoms with van der Waals surface area (Å²) in [5.74, 6) is -0.676. The molecule has 16 heavy (non-hydrogen) atoms. The molecular formula is C11H11N3O2. The Morgan fingerprint density at radius 2 is 2.19 bits per heavy atom. The van der Waals surface area contributed by atoms with Crippen LogP contribution in [0.25, 0.3) is 0 Å². The molecule has 0 aliphatic heterocycles. The second kappa shape index (κ2) is 6.30. The van der Waals surface area contributed by atoms with E-state index in [4.69, 9.17) is 5.26 Å². The zero-order chi connectivity index (χ0) is 11.8. The van der Waals surface area contributed by atoms with E-state index in [2.05, 4.69) is 15.0 Å². The first kappa shape index (κ1) is 11.9. The normalized spacial score (nSPS) is 12.0. The average Bonchev–Trinajstić information content (AvgIpc) is 2.31. The summed E-state index contributed by atoms with van der Waals surface area (Å²) < 4.78 is 4.67. The lowest BCUT2D eigenvalue weighted by atomic mass is 10.3. The fourth-order valence-electron chi connectivity index (χ4n) is 0.966. The van der Waals surface area contributed by atoms with Crippen LogP contribution in [0.1, 0.15) is 6.92 Å². The lowest BCUT2D eigenvalue weighted by Gasteiger charge is -2.01. The van der Waals surface area contributed by atoms with Gasteiger partial charge in [0.05, 0.1) is 12.3 Å². The van der Waals surface area contributed by atoms with Crippen molar-refractivity contribution in [2.24, 2.45) is 10.2 Å². The largest absolute Gasteiger partial charge is 0.464 e. The highest BCUT2D eigenvalue weighted by atomic mass is 16.5. The molecule has 0 saturated carbocycles. The van der Waals surface area contributed by atoms with Gasteiger partial charge in [-0.25, -0.2) is 4.79 Å². The van der Waals surface area contributed by atoms with Crippen molar-refractivity contribution < 1.29 is 9.53 Å². The van der Waals surface area contributed by atoms with Crippen LogP contribution in [0.3, 0.4) is 0 Å². The second-order valence-corrected chi connectivity index (χ2v) is 2.83. The Labute approximate surface area is 93.4 Å². The quantitative estimate of drug-likeness (QED) is 0.573. The highest BCUT2D eigenvalue weighted by molar-refractivity contribution is 5.78. The maximum absolute atomic E-state index is 11.2. The van der Waals surface area contributed by atoms with Crippen molar-refractivity contribution in [3.8, 4) is 6.07 Å². The summed E-state index contributed by atoms with van der Waals surface area (Å²) in [6.07, 6.45) is 0. The van der Waals surface area contributed by atoms with Crippen LogP contribution in [-0.4, -0.2) is 18.6 Å². The van der Waals surface area contributed by atoms with E-state index in [0.29, 0.717) is 5.69 Å². The minimum Gasteiger partial charge on any atom is -0.464 e. The molecule has 1 atom stereocenters. The second-order valence-electron chi connectivity index (χ2n) is 2.83. The SMILES string of the molecule is CCOC(=O)C(C#N)/N=N/c1ccccc1. The van der Waals surface area contributed by atoms with E-state index < -0.39 is 12.0 Å². The molecule has 0 bridgehead atoms. The van der Waals surface area contributed by atoms with E-state index in [1.165, 1.54) is 0 Å². The molecule has 0 heterocycles. The Bertz CT molecular complexity index is 409. The Kier molecular flexibility index (Phi) is 4.67. The number of carbonyl (C=O) groups excluding carboxylic acids is 1. The van der Waals surface area contributed by atoms with Crippen LogP contribution in [0, 0.1) is 11.3 Å². The molecule has 0 amide bonds. The molecule has 0 N–H and O–H groups in total. The highest BCUT2D eigenvalue weighted by Crippen LogP contribution is 2.11. The number of esters is 1. The maximum atomic E-state index is 11.2. The zero-order valence-corrected chi connectivity index (χ0v) is 8.83. The van der Waals surface area contributed by atoms with Crippen LogP contribution < -0.4 is 0 Å². The van der Waals surface area contributed by atoms with Gasteiger partial charge in [-0.1, -0.05) is 18.2 Å². The molecule has 0 aliphatic rings. The molecule has 0 aromatic heterocycles. The number of azo groups is 1. The summed E-state index contributed by atoms with van der Waals surface area (Å²) >= 11 is 0. The third kappa shape index (κ3) is 3.50. The van der Waals surface area contributed by atoms with Crippen LogP contribution in [0.4, 0.5) is 5.69 Å². The molecule has 0 radical (unpaired) electrons. The molecule has 1 aromatic rings. The van der Waals surface area contributed by atoms with Gasteiger partial charge in [-0.15, -0.1) is 0 Å². The summed E-state index contributed by atoms with van der Waals surface area (Å²) in [7, 11) is 0. The van der Waals surface area contributed by atoms with E-state index in [-0.39, 0.29) is 6.61 Å². The van der Waals surface area contributed by atoms with Gasteiger partial charge >= 0.3 is 5.97 Å². The number of carbonyl (C=O) groups is 1. The van der Waals surface area contributed by atoms with Crippen molar-refractivity contribution in [2.45, 2.75) is 13.0 Å². The molecule has 1 unspecified atom stereocenters. The predicted molar refractivity (Wildman–Crippen MR) is 57.0 cm³/mol. The van der Waals surface area contributed by atoms with Crippen molar-refractivity contribution in [1.82, 2.24) is 0 Å². The van der Waals surface area contributed by atoms with Crippen LogP contribution in [0.5, 0.6) is 0 Å². The highest BCUT2D eigenvalue weighted by Gasteiger charge is 2.17. The van der Waals surface area contributed by atoms with Crippen molar-refractivity contribution in [1.29, 1.82) is 5.26 Å². The van der Waals surface area contributed by atoms with Crippen molar-refractivity contribution in [2.75, 3.05) is 6.61 Å². The lowest BCUT2D eigenvalue weighted by Crippen LogP contribution is -2.19. The first-order valence-electron chi connectivity index (χ1n) is 4.80. The Morgan fingerprint density at radius 1 is 1.50 bits per heavy atom. The minimum atomic E-state index is -1.19. The van der Waals surface area contributed by atoms with Gasteiger partial charge in [-0.05, 0) is 19.1 Å². The van der Waals surface area contributed by atoms with E-state index in [9.17, 15) is 4.79 Å². The summed E-state index contributed by atoms with van der Waals surface area (Å²) in [6.45, 7) is 1.89. The minimum absolute atomic E-state index is 0.220. The van der Waals surface area contributed by atoms with Crippen molar-refractivity contribution in [3.63, 3.8) is 0 Å². The molecule has 0 aliphatic carbocycles. The molecule has 5 nitrogen and oxygen atoms in total. The molecule has 1 aromatic carbocycles. The summed E-state index contributed by atoms with van der Waals surface area (Å²) in [4.78, 5) is 11.2. The molecule has 0 fully saturated rings. The Morgan fingerprint density at radius 3 is 2.75 bits per heavy atom. The van der Waals surface area contributed by atoms with Crippen LogP contribution >= 0.6 is 0 Å². The van der Waals surface area contributed by atoms with Gasteiger partial charge in [0.15, 0.2) is 0 Å². The number of rotatable bonds is 4. The summed E-state index contributed by atoms with van der Waals surface area (Å²) in [5.41, 5.74) is 0.590. The monoisotopic (exact) mass is 217 g/mol. The predicted octanol–water partition coefficient (Wildman–Crippen LogP) is 2.23. The number of nitrogens with zero attached hydrogens (tertiary/aromatic N) is 3. The molecule has 0 spiro atoms. The number of hydrogen-bond acceptors (Lipinski definition) is 5. The van der Waals surface area contributed by atoms with Crippen LogP contribution in [0.15, 0.2) is 40.6 Å². The molecule has 5 heteroatoms. The van der Waals surface area contributed by atoms with Gasteiger partial charge in [0.25, 0.3) is 6.04 Å².